The second-order valence-electron chi connectivity index (χ2n) is 10.1. The van der Waals surface area contributed by atoms with Crippen LogP contribution in [0.1, 0.15) is 72.6 Å². The molecule has 3 fully saturated rings. The molecule has 3 rings (SSSR count). The maximum Gasteiger partial charge on any atom is 0.223 e. The Hall–Kier alpha value is -1.59. The predicted molar refractivity (Wildman–Crippen MR) is 113 cm³/mol. The number of amides is 3. The molecule has 3 amide bonds. The third-order valence-electron chi connectivity index (χ3n) is 7.28. The summed E-state index contributed by atoms with van der Waals surface area (Å²) in [6, 6.07) is 0.342. The third-order valence-corrected chi connectivity index (χ3v) is 7.28. The van der Waals surface area contributed by atoms with Crippen molar-refractivity contribution in [3.8, 4) is 0 Å². The molecule has 0 spiro atoms. The first-order valence-corrected chi connectivity index (χ1v) is 11.6. The molecule has 0 radical (unpaired) electrons. The van der Waals surface area contributed by atoms with Gasteiger partial charge in [-0.3, -0.25) is 14.4 Å². The number of hydrogen-bond acceptors (Lipinski definition) is 3. The maximum absolute atomic E-state index is 13.2. The highest BCUT2D eigenvalue weighted by Gasteiger charge is 2.43. The van der Waals surface area contributed by atoms with Crippen molar-refractivity contribution in [1.29, 1.82) is 0 Å². The van der Waals surface area contributed by atoms with E-state index in [2.05, 4.69) is 31.0 Å². The Bertz CT molecular complexity index is 620. The van der Waals surface area contributed by atoms with Gasteiger partial charge in [-0.15, -0.1) is 0 Å². The molecular formula is C23H39N3O3. The summed E-state index contributed by atoms with van der Waals surface area (Å²) in [7, 11) is 0. The van der Waals surface area contributed by atoms with Crippen molar-refractivity contribution >= 4 is 17.7 Å². The molecule has 3 aliphatic heterocycles. The zero-order valence-electron chi connectivity index (χ0n) is 18.7. The lowest BCUT2D eigenvalue weighted by Crippen LogP contribution is -2.60. The Morgan fingerprint density at radius 1 is 1.10 bits per heavy atom. The molecular weight excluding hydrogens is 366 g/mol. The molecule has 3 aliphatic rings. The first-order valence-electron chi connectivity index (χ1n) is 11.6. The van der Waals surface area contributed by atoms with E-state index in [-0.39, 0.29) is 29.8 Å². The number of fused-ring (bicyclic) bond motifs is 4. The average molecular weight is 406 g/mol. The van der Waals surface area contributed by atoms with Gasteiger partial charge in [0, 0.05) is 51.5 Å². The van der Waals surface area contributed by atoms with Crippen LogP contribution in [0.4, 0.5) is 0 Å². The fourth-order valence-electron chi connectivity index (χ4n) is 5.57. The molecule has 3 saturated heterocycles. The van der Waals surface area contributed by atoms with Crippen molar-refractivity contribution < 1.29 is 14.4 Å². The molecule has 1 N–H and O–H groups in total. The van der Waals surface area contributed by atoms with E-state index in [0.717, 1.165) is 51.7 Å². The number of likely N-dealkylation sites (tertiary alicyclic amines) is 1. The van der Waals surface area contributed by atoms with E-state index in [0.29, 0.717) is 36.5 Å². The lowest BCUT2D eigenvalue weighted by Gasteiger charge is -2.51. The van der Waals surface area contributed by atoms with Crippen LogP contribution in [0, 0.1) is 23.7 Å². The van der Waals surface area contributed by atoms with Gasteiger partial charge in [0.1, 0.15) is 0 Å². The molecule has 6 nitrogen and oxygen atoms in total. The molecule has 0 saturated carbocycles. The Morgan fingerprint density at radius 2 is 1.86 bits per heavy atom. The van der Waals surface area contributed by atoms with Gasteiger partial charge in [-0.25, -0.2) is 0 Å². The summed E-state index contributed by atoms with van der Waals surface area (Å²) < 4.78 is 0. The maximum atomic E-state index is 13.2. The standard InChI is InChI=1S/C23H39N3O3/c1-15(2)20-9-8-16(3)10-23(29)26-13-18-11-19(14-25(12-18)17(4)27)21(26)6-5-7-22(28)24-20/h15-16,18-21H,5-14H2,1-4H3,(H,24,28)/t16-,18+,19-,20+,21+/m1/s1. The van der Waals surface area contributed by atoms with Gasteiger partial charge in [-0.05, 0) is 55.8 Å². The summed E-state index contributed by atoms with van der Waals surface area (Å²) in [6.45, 7) is 10.4. The van der Waals surface area contributed by atoms with Gasteiger partial charge < -0.3 is 15.1 Å². The average Bonchev–Trinajstić information content (AvgIpc) is 2.66. The molecule has 0 unspecified atom stereocenters. The van der Waals surface area contributed by atoms with Crippen molar-refractivity contribution in [2.45, 2.75) is 84.7 Å². The molecule has 0 aromatic carbocycles. The van der Waals surface area contributed by atoms with Crippen LogP contribution in [0.5, 0.6) is 0 Å². The predicted octanol–water partition coefficient (Wildman–Crippen LogP) is 2.81. The van der Waals surface area contributed by atoms with E-state index < -0.39 is 0 Å². The normalized spacial score (nSPS) is 34.6. The minimum absolute atomic E-state index is 0.135. The number of piperidine rings is 2. The van der Waals surface area contributed by atoms with E-state index in [1.165, 1.54) is 0 Å². The highest BCUT2D eigenvalue weighted by atomic mass is 16.2. The fourth-order valence-corrected chi connectivity index (χ4v) is 5.57. The van der Waals surface area contributed by atoms with Crippen molar-refractivity contribution in [2.75, 3.05) is 19.6 Å². The molecule has 0 aromatic heterocycles. The van der Waals surface area contributed by atoms with Gasteiger partial charge in [-0.1, -0.05) is 20.8 Å². The minimum atomic E-state index is 0.135. The van der Waals surface area contributed by atoms with Crippen molar-refractivity contribution in [3.63, 3.8) is 0 Å². The van der Waals surface area contributed by atoms with Crippen molar-refractivity contribution in [1.82, 2.24) is 15.1 Å². The highest BCUT2D eigenvalue weighted by molar-refractivity contribution is 5.78. The van der Waals surface area contributed by atoms with Crippen LogP contribution in [-0.2, 0) is 14.4 Å². The summed E-state index contributed by atoms with van der Waals surface area (Å²) in [4.78, 5) is 41.8. The molecule has 164 valence electrons. The van der Waals surface area contributed by atoms with Gasteiger partial charge in [-0.2, -0.15) is 0 Å². The smallest absolute Gasteiger partial charge is 0.223 e. The largest absolute Gasteiger partial charge is 0.353 e. The van der Waals surface area contributed by atoms with Gasteiger partial charge in [0.25, 0.3) is 0 Å². The quantitative estimate of drug-likeness (QED) is 0.729. The van der Waals surface area contributed by atoms with Gasteiger partial charge >= 0.3 is 0 Å². The first kappa shape index (κ1) is 22.1. The number of rotatable bonds is 1. The Labute approximate surface area is 175 Å². The van der Waals surface area contributed by atoms with Crippen molar-refractivity contribution in [3.05, 3.63) is 0 Å². The fraction of sp³-hybridized carbons (Fsp3) is 0.870. The monoisotopic (exact) mass is 405 g/mol. The molecule has 0 aromatic rings. The van der Waals surface area contributed by atoms with Gasteiger partial charge in [0.2, 0.25) is 17.7 Å². The zero-order chi connectivity index (χ0) is 21.1. The Kier molecular flexibility index (Phi) is 7.23. The summed E-state index contributed by atoms with van der Waals surface area (Å²) in [5.74, 6) is 1.98. The second-order valence-corrected chi connectivity index (χ2v) is 10.1. The number of carbonyl (C=O) groups is 3. The third kappa shape index (κ3) is 5.52. The Balaban J connectivity index is 1.76. The minimum Gasteiger partial charge on any atom is -0.353 e. The number of carbonyl (C=O) groups excluding carboxylic acids is 3. The van der Waals surface area contributed by atoms with Gasteiger partial charge in [0.15, 0.2) is 0 Å². The first-order chi connectivity index (χ1) is 13.7. The van der Waals surface area contributed by atoms with Gasteiger partial charge in [0.05, 0.1) is 0 Å². The zero-order valence-corrected chi connectivity index (χ0v) is 18.7. The van der Waals surface area contributed by atoms with Crippen molar-refractivity contribution in [2.24, 2.45) is 23.7 Å². The molecule has 5 atom stereocenters. The van der Waals surface area contributed by atoms with Crippen LogP contribution in [0.15, 0.2) is 0 Å². The number of hydrogen-bond donors (Lipinski definition) is 1. The van der Waals surface area contributed by atoms with Crippen LogP contribution in [0.25, 0.3) is 0 Å². The van der Waals surface area contributed by atoms with Crippen LogP contribution in [0.3, 0.4) is 0 Å². The SMILES string of the molecule is CC(=O)N1C[C@@H]2C[C@H](C1)[C@@H]1CCCC(=O)N[C@H](C(C)C)CC[C@@H](C)CC(=O)N1C2. The van der Waals surface area contributed by atoms with E-state index in [9.17, 15) is 14.4 Å². The van der Waals surface area contributed by atoms with E-state index in [1.807, 2.05) is 4.90 Å². The van der Waals surface area contributed by atoms with Crippen LogP contribution >= 0.6 is 0 Å². The molecule has 0 aliphatic carbocycles. The molecule has 3 heterocycles. The van der Waals surface area contributed by atoms with E-state index in [1.54, 1.807) is 6.92 Å². The summed E-state index contributed by atoms with van der Waals surface area (Å²) in [5.41, 5.74) is 0. The summed E-state index contributed by atoms with van der Waals surface area (Å²) in [6.07, 6.45) is 5.73. The number of nitrogens with one attached hydrogen (secondary N) is 1. The second kappa shape index (κ2) is 9.48. The highest BCUT2D eigenvalue weighted by Crippen LogP contribution is 2.36. The summed E-state index contributed by atoms with van der Waals surface area (Å²) in [5, 5.41) is 3.23. The summed E-state index contributed by atoms with van der Waals surface area (Å²) >= 11 is 0. The van der Waals surface area contributed by atoms with Crippen LogP contribution < -0.4 is 5.32 Å². The Morgan fingerprint density at radius 3 is 2.55 bits per heavy atom. The lowest BCUT2D eigenvalue weighted by atomic mass is 9.77. The van der Waals surface area contributed by atoms with E-state index in [4.69, 9.17) is 0 Å². The molecule has 6 heteroatoms. The lowest BCUT2D eigenvalue weighted by molar-refractivity contribution is -0.145. The topological polar surface area (TPSA) is 69.7 Å². The van der Waals surface area contributed by atoms with Crippen LogP contribution in [-0.4, -0.2) is 59.2 Å². The molecule has 29 heavy (non-hydrogen) atoms. The van der Waals surface area contributed by atoms with Crippen LogP contribution in [0.2, 0.25) is 0 Å². The number of nitrogens with zero attached hydrogens (tertiary/aromatic N) is 2. The van der Waals surface area contributed by atoms with E-state index >= 15 is 0 Å². The molecule has 2 bridgehead atoms.